The van der Waals surface area contributed by atoms with Gasteiger partial charge in [0.1, 0.15) is 5.75 Å². The summed E-state index contributed by atoms with van der Waals surface area (Å²) in [6, 6.07) is 15.9. The molecule has 0 aliphatic rings. The van der Waals surface area contributed by atoms with Gasteiger partial charge in [-0.25, -0.2) is 0 Å². The Morgan fingerprint density at radius 1 is 1.12 bits per heavy atom. The maximum atomic E-state index is 5.09. The summed E-state index contributed by atoms with van der Waals surface area (Å²) in [4.78, 5) is 4.41. The lowest BCUT2D eigenvalue weighted by molar-refractivity contribution is 0.415. The maximum absolute atomic E-state index is 5.09. The Bertz CT molecular complexity index is 520. The number of methoxy groups -OCH3 is 1. The van der Waals surface area contributed by atoms with Gasteiger partial charge in [0.15, 0.2) is 0 Å². The number of nitrogens with zero attached hydrogens (tertiary/aromatic N) is 1. The van der Waals surface area contributed by atoms with E-state index in [-0.39, 0.29) is 0 Å². The summed E-state index contributed by atoms with van der Waals surface area (Å²) in [7, 11) is 1.66. The number of hydrogen-bond donors (Lipinski definition) is 0. The molecule has 0 bridgehead atoms. The van der Waals surface area contributed by atoms with Gasteiger partial charge >= 0.3 is 0 Å². The number of ether oxygens (including phenoxy) is 1. The van der Waals surface area contributed by atoms with Crippen LogP contribution in [0, 0.1) is 3.57 Å². The lowest BCUT2D eigenvalue weighted by Gasteiger charge is -1.99. The zero-order valence-corrected chi connectivity index (χ0v) is 11.6. The number of rotatable bonds is 3. The van der Waals surface area contributed by atoms with E-state index in [1.54, 1.807) is 7.11 Å². The molecule has 0 N–H and O–H groups in total. The highest BCUT2D eigenvalue weighted by atomic mass is 127. The van der Waals surface area contributed by atoms with E-state index in [4.69, 9.17) is 4.74 Å². The van der Waals surface area contributed by atoms with Gasteiger partial charge in [-0.3, -0.25) is 4.99 Å². The molecule has 3 heteroatoms. The van der Waals surface area contributed by atoms with Crippen molar-refractivity contribution in [2.24, 2.45) is 4.99 Å². The molecule has 0 amide bonds. The summed E-state index contributed by atoms with van der Waals surface area (Å²) in [6.45, 7) is 0. The molecule has 2 nitrogen and oxygen atoms in total. The molecule has 17 heavy (non-hydrogen) atoms. The summed E-state index contributed by atoms with van der Waals surface area (Å²) >= 11 is 2.29. The molecule has 0 heterocycles. The SMILES string of the molecule is COc1ccc(N=Cc2cccc(I)c2)cc1. The Balaban J connectivity index is 2.14. The highest BCUT2D eigenvalue weighted by Gasteiger charge is 1.92. The first-order valence-corrected chi connectivity index (χ1v) is 6.29. The van der Waals surface area contributed by atoms with E-state index in [1.165, 1.54) is 3.57 Å². The van der Waals surface area contributed by atoms with Crippen LogP contribution in [0.5, 0.6) is 5.75 Å². The molecule has 0 fully saturated rings. The second-order valence-electron chi connectivity index (χ2n) is 3.51. The molecule has 0 aliphatic heterocycles. The number of hydrogen-bond acceptors (Lipinski definition) is 2. The van der Waals surface area contributed by atoms with E-state index in [0.29, 0.717) is 0 Å². The van der Waals surface area contributed by atoms with Crippen molar-refractivity contribution in [3.05, 3.63) is 57.7 Å². The lowest BCUT2D eigenvalue weighted by Crippen LogP contribution is -1.82. The van der Waals surface area contributed by atoms with Crippen molar-refractivity contribution in [3.63, 3.8) is 0 Å². The minimum Gasteiger partial charge on any atom is -0.497 e. The third-order valence-corrected chi connectivity index (χ3v) is 2.95. The summed E-state index contributed by atoms with van der Waals surface area (Å²) in [6.07, 6.45) is 1.87. The Kier molecular flexibility index (Phi) is 4.14. The molecule has 0 spiro atoms. The molecular formula is C14H12INO. The van der Waals surface area contributed by atoms with Crippen molar-refractivity contribution in [1.82, 2.24) is 0 Å². The third-order valence-electron chi connectivity index (χ3n) is 2.28. The van der Waals surface area contributed by atoms with Crippen LogP contribution >= 0.6 is 22.6 Å². The largest absolute Gasteiger partial charge is 0.497 e. The van der Waals surface area contributed by atoms with Gasteiger partial charge in [-0.15, -0.1) is 0 Å². The van der Waals surface area contributed by atoms with Gasteiger partial charge in [-0.2, -0.15) is 0 Å². The van der Waals surface area contributed by atoms with E-state index in [9.17, 15) is 0 Å². The van der Waals surface area contributed by atoms with Crippen LogP contribution in [0.3, 0.4) is 0 Å². The van der Waals surface area contributed by atoms with Gasteiger partial charge in [0.25, 0.3) is 0 Å². The van der Waals surface area contributed by atoms with Crippen LogP contribution < -0.4 is 4.74 Å². The topological polar surface area (TPSA) is 21.6 Å². The van der Waals surface area contributed by atoms with Crippen LogP contribution in [0.2, 0.25) is 0 Å². The van der Waals surface area contributed by atoms with Crippen LogP contribution in [0.15, 0.2) is 53.5 Å². The first-order chi connectivity index (χ1) is 8.28. The van der Waals surface area contributed by atoms with E-state index in [1.807, 2.05) is 42.6 Å². The van der Waals surface area contributed by atoms with Gasteiger partial charge in [-0.1, -0.05) is 12.1 Å². The summed E-state index contributed by atoms with van der Waals surface area (Å²) in [5.74, 6) is 0.846. The highest BCUT2D eigenvalue weighted by molar-refractivity contribution is 14.1. The van der Waals surface area contributed by atoms with E-state index in [2.05, 4.69) is 39.7 Å². The fourth-order valence-corrected chi connectivity index (χ4v) is 1.97. The second-order valence-corrected chi connectivity index (χ2v) is 4.76. The monoisotopic (exact) mass is 337 g/mol. The van der Waals surface area contributed by atoms with Crippen LogP contribution in [0.25, 0.3) is 0 Å². The third kappa shape index (κ3) is 3.56. The first-order valence-electron chi connectivity index (χ1n) is 5.21. The smallest absolute Gasteiger partial charge is 0.119 e. The Hall–Kier alpha value is -1.36. The minimum atomic E-state index is 0.846. The molecular weight excluding hydrogens is 325 g/mol. The van der Waals surface area contributed by atoms with Crippen molar-refractivity contribution in [2.45, 2.75) is 0 Å². The summed E-state index contributed by atoms with van der Waals surface area (Å²) in [5.41, 5.74) is 2.03. The van der Waals surface area contributed by atoms with Gasteiger partial charge < -0.3 is 4.74 Å². The predicted octanol–water partition coefficient (Wildman–Crippen LogP) is 4.05. The molecule has 0 aliphatic carbocycles. The van der Waals surface area contributed by atoms with Crippen LogP contribution in [0.4, 0.5) is 5.69 Å². The molecule has 0 saturated heterocycles. The first kappa shape index (κ1) is 12.1. The lowest BCUT2D eigenvalue weighted by atomic mass is 10.2. The molecule has 86 valence electrons. The average molecular weight is 337 g/mol. The van der Waals surface area contributed by atoms with Crippen LogP contribution in [-0.4, -0.2) is 13.3 Å². The average Bonchev–Trinajstić information content (AvgIpc) is 2.37. The number of halogens is 1. The van der Waals surface area contributed by atoms with Crippen LogP contribution in [0.1, 0.15) is 5.56 Å². The van der Waals surface area contributed by atoms with Crippen molar-refractivity contribution in [3.8, 4) is 5.75 Å². The van der Waals surface area contributed by atoms with Crippen molar-refractivity contribution in [2.75, 3.05) is 7.11 Å². The standard InChI is InChI=1S/C14H12INO/c1-17-14-7-5-13(6-8-14)16-10-11-3-2-4-12(15)9-11/h2-10H,1H3. The summed E-state index contributed by atoms with van der Waals surface area (Å²) < 4.78 is 6.30. The fraction of sp³-hybridized carbons (Fsp3) is 0.0714. The Morgan fingerprint density at radius 2 is 1.88 bits per heavy atom. The van der Waals surface area contributed by atoms with E-state index < -0.39 is 0 Å². The molecule has 0 atom stereocenters. The van der Waals surface area contributed by atoms with Crippen molar-refractivity contribution < 1.29 is 4.74 Å². The Labute approximate surface area is 114 Å². The fourth-order valence-electron chi connectivity index (χ4n) is 1.40. The molecule has 2 rings (SSSR count). The Morgan fingerprint density at radius 3 is 2.53 bits per heavy atom. The summed E-state index contributed by atoms with van der Waals surface area (Å²) in [5, 5.41) is 0. The molecule has 2 aromatic rings. The van der Waals surface area contributed by atoms with E-state index >= 15 is 0 Å². The molecule has 0 radical (unpaired) electrons. The van der Waals surface area contributed by atoms with E-state index in [0.717, 1.165) is 17.0 Å². The van der Waals surface area contributed by atoms with Crippen LogP contribution in [-0.2, 0) is 0 Å². The second kappa shape index (κ2) is 5.82. The molecule has 2 aromatic carbocycles. The van der Waals surface area contributed by atoms with Gasteiger partial charge in [0, 0.05) is 9.78 Å². The molecule has 0 aromatic heterocycles. The predicted molar refractivity (Wildman–Crippen MR) is 79.4 cm³/mol. The van der Waals surface area contributed by atoms with Gasteiger partial charge in [0.2, 0.25) is 0 Å². The van der Waals surface area contributed by atoms with Crippen molar-refractivity contribution >= 4 is 34.5 Å². The maximum Gasteiger partial charge on any atom is 0.119 e. The quantitative estimate of drug-likeness (QED) is 0.612. The zero-order valence-electron chi connectivity index (χ0n) is 9.43. The molecule has 0 saturated carbocycles. The minimum absolute atomic E-state index is 0.846. The molecule has 0 unspecified atom stereocenters. The number of benzene rings is 2. The van der Waals surface area contributed by atoms with Crippen molar-refractivity contribution in [1.29, 1.82) is 0 Å². The zero-order chi connectivity index (χ0) is 12.1. The van der Waals surface area contributed by atoms with Gasteiger partial charge in [0.05, 0.1) is 12.8 Å². The normalized spacial score (nSPS) is 10.7. The number of aliphatic imine (C=N–C) groups is 1. The highest BCUT2D eigenvalue weighted by Crippen LogP contribution is 2.17. The van der Waals surface area contributed by atoms with Gasteiger partial charge in [-0.05, 0) is 64.6 Å².